The summed E-state index contributed by atoms with van der Waals surface area (Å²) in [5.74, 6) is 0.842. The molecule has 20 heavy (non-hydrogen) atoms. The molecule has 0 radical (unpaired) electrons. The molecule has 5 nitrogen and oxygen atoms in total. The van der Waals surface area contributed by atoms with Gasteiger partial charge in [-0.15, -0.1) is 11.3 Å². The van der Waals surface area contributed by atoms with Crippen molar-refractivity contribution >= 4 is 33.1 Å². The van der Waals surface area contributed by atoms with Crippen LogP contribution in [0.4, 0.5) is 11.5 Å². The van der Waals surface area contributed by atoms with Crippen molar-refractivity contribution < 1.29 is 0 Å². The fourth-order valence-electron chi connectivity index (χ4n) is 2.00. The van der Waals surface area contributed by atoms with Gasteiger partial charge in [0.15, 0.2) is 0 Å². The highest BCUT2D eigenvalue weighted by Gasteiger charge is 2.09. The van der Waals surface area contributed by atoms with E-state index in [4.69, 9.17) is 0 Å². The molecule has 0 saturated carbocycles. The summed E-state index contributed by atoms with van der Waals surface area (Å²) in [6.45, 7) is 6.36. The molecule has 0 amide bonds. The van der Waals surface area contributed by atoms with Gasteiger partial charge in [-0.2, -0.15) is 5.10 Å². The summed E-state index contributed by atoms with van der Waals surface area (Å²) < 4.78 is 1.92. The summed E-state index contributed by atoms with van der Waals surface area (Å²) >= 11 is 1.72. The summed E-state index contributed by atoms with van der Waals surface area (Å²) in [6, 6.07) is 2.51. The van der Waals surface area contributed by atoms with Gasteiger partial charge in [-0.1, -0.05) is 6.92 Å². The van der Waals surface area contributed by atoms with E-state index in [1.807, 2.05) is 17.1 Å². The quantitative estimate of drug-likeness (QED) is 0.793. The fourth-order valence-corrected chi connectivity index (χ4v) is 2.94. The summed E-state index contributed by atoms with van der Waals surface area (Å²) in [7, 11) is 0. The van der Waals surface area contributed by atoms with Gasteiger partial charge in [0, 0.05) is 17.1 Å². The average Bonchev–Trinajstić information content (AvgIpc) is 3.05. The first-order chi connectivity index (χ1) is 9.67. The van der Waals surface area contributed by atoms with Crippen LogP contribution in [0.3, 0.4) is 0 Å². The largest absolute Gasteiger partial charge is 0.337 e. The maximum atomic E-state index is 4.35. The van der Waals surface area contributed by atoms with Gasteiger partial charge in [0.25, 0.3) is 0 Å². The van der Waals surface area contributed by atoms with Crippen LogP contribution in [0.15, 0.2) is 24.8 Å². The number of fused-ring (bicyclic) bond motifs is 1. The average molecular weight is 287 g/mol. The Bertz CT molecular complexity index is 728. The monoisotopic (exact) mass is 287 g/mol. The number of nitrogens with zero attached hydrogens (tertiary/aromatic N) is 4. The molecular formula is C14H17N5S. The van der Waals surface area contributed by atoms with Crippen molar-refractivity contribution in [2.24, 2.45) is 0 Å². The lowest BCUT2D eigenvalue weighted by Gasteiger charge is -2.04. The summed E-state index contributed by atoms with van der Waals surface area (Å²) in [4.78, 5) is 11.0. The number of hydrogen-bond donors (Lipinski definition) is 1. The second-order valence-corrected chi connectivity index (χ2v) is 6.05. The second-order valence-electron chi connectivity index (χ2n) is 4.94. The first-order valence-corrected chi connectivity index (χ1v) is 7.53. The molecule has 0 unspecified atom stereocenters. The van der Waals surface area contributed by atoms with Crippen molar-refractivity contribution in [3.63, 3.8) is 0 Å². The Morgan fingerprint density at radius 1 is 1.35 bits per heavy atom. The Morgan fingerprint density at radius 2 is 2.20 bits per heavy atom. The van der Waals surface area contributed by atoms with Crippen LogP contribution in [0, 0.1) is 0 Å². The number of nitrogens with one attached hydrogen (secondary N) is 1. The first kappa shape index (κ1) is 13.1. The Hall–Kier alpha value is -1.95. The minimum atomic E-state index is 0.351. The van der Waals surface area contributed by atoms with Crippen molar-refractivity contribution in [1.29, 1.82) is 0 Å². The lowest BCUT2D eigenvalue weighted by molar-refractivity contribution is 0.532. The molecule has 0 aliphatic carbocycles. The van der Waals surface area contributed by atoms with E-state index in [9.17, 15) is 0 Å². The normalized spacial score (nSPS) is 11.4. The predicted octanol–water partition coefficient (Wildman–Crippen LogP) is 3.77. The molecule has 0 fully saturated rings. The first-order valence-electron chi connectivity index (χ1n) is 6.72. The molecule has 3 aromatic heterocycles. The Morgan fingerprint density at radius 3 is 2.90 bits per heavy atom. The van der Waals surface area contributed by atoms with Crippen LogP contribution in [0.25, 0.3) is 10.2 Å². The van der Waals surface area contributed by atoms with Gasteiger partial charge in [-0.25, -0.2) is 9.97 Å². The van der Waals surface area contributed by atoms with E-state index in [0.29, 0.717) is 6.04 Å². The van der Waals surface area contributed by atoms with Crippen LogP contribution in [0.5, 0.6) is 0 Å². The maximum Gasteiger partial charge on any atom is 0.142 e. The van der Waals surface area contributed by atoms with E-state index in [2.05, 4.69) is 47.2 Å². The third kappa shape index (κ3) is 2.38. The summed E-state index contributed by atoms with van der Waals surface area (Å²) in [5.41, 5.74) is 0.947. The number of aryl methyl sites for hydroxylation is 1. The fraction of sp³-hybridized carbons (Fsp3) is 0.357. The van der Waals surface area contributed by atoms with Crippen LogP contribution in [-0.2, 0) is 6.42 Å². The maximum absolute atomic E-state index is 4.35. The lowest BCUT2D eigenvalue weighted by atomic mass is 10.3. The molecular weight excluding hydrogens is 270 g/mol. The summed E-state index contributed by atoms with van der Waals surface area (Å²) in [5, 5.41) is 8.73. The highest BCUT2D eigenvalue weighted by molar-refractivity contribution is 7.18. The van der Waals surface area contributed by atoms with Gasteiger partial charge in [0.05, 0.1) is 17.3 Å². The molecule has 0 saturated heterocycles. The van der Waals surface area contributed by atoms with Crippen LogP contribution in [-0.4, -0.2) is 19.7 Å². The van der Waals surface area contributed by atoms with Crippen LogP contribution < -0.4 is 5.32 Å². The van der Waals surface area contributed by atoms with E-state index in [1.54, 1.807) is 17.7 Å². The third-order valence-electron chi connectivity index (χ3n) is 3.12. The van der Waals surface area contributed by atoms with Gasteiger partial charge >= 0.3 is 0 Å². The Labute approximate surface area is 121 Å². The highest BCUT2D eigenvalue weighted by Crippen LogP contribution is 2.30. The minimum absolute atomic E-state index is 0.351. The van der Waals surface area contributed by atoms with Crippen molar-refractivity contribution in [2.75, 3.05) is 5.32 Å². The van der Waals surface area contributed by atoms with E-state index < -0.39 is 0 Å². The van der Waals surface area contributed by atoms with Crippen molar-refractivity contribution in [3.05, 3.63) is 29.7 Å². The van der Waals surface area contributed by atoms with E-state index in [1.165, 1.54) is 4.88 Å². The van der Waals surface area contributed by atoms with Gasteiger partial charge in [-0.3, -0.25) is 4.68 Å². The third-order valence-corrected chi connectivity index (χ3v) is 4.31. The Kier molecular flexibility index (Phi) is 3.40. The summed E-state index contributed by atoms with van der Waals surface area (Å²) in [6.07, 6.45) is 6.44. The molecule has 0 aliphatic rings. The second kappa shape index (κ2) is 5.20. The Balaban J connectivity index is 1.95. The molecule has 0 atom stereocenters. The molecule has 3 aromatic rings. The van der Waals surface area contributed by atoms with E-state index >= 15 is 0 Å². The predicted molar refractivity (Wildman–Crippen MR) is 82.7 cm³/mol. The number of anilines is 2. The molecule has 0 aromatic carbocycles. The van der Waals surface area contributed by atoms with Gasteiger partial charge in [-0.05, 0) is 26.3 Å². The molecule has 1 N–H and O–H groups in total. The van der Waals surface area contributed by atoms with Crippen molar-refractivity contribution in [2.45, 2.75) is 33.2 Å². The van der Waals surface area contributed by atoms with Crippen molar-refractivity contribution in [1.82, 2.24) is 19.7 Å². The zero-order valence-corrected chi connectivity index (χ0v) is 12.6. The van der Waals surface area contributed by atoms with Crippen LogP contribution in [0.1, 0.15) is 31.7 Å². The topological polar surface area (TPSA) is 55.6 Å². The van der Waals surface area contributed by atoms with Crippen LogP contribution >= 0.6 is 11.3 Å². The number of rotatable bonds is 4. The molecule has 6 heteroatoms. The zero-order valence-electron chi connectivity index (χ0n) is 11.8. The number of hydrogen-bond acceptors (Lipinski definition) is 5. The smallest absolute Gasteiger partial charge is 0.142 e. The van der Waals surface area contributed by atoms with Gasteiger partial charge in [0.1, 0.15) is 17.0 Å². The molecule has 0 aliphatic heterocycles. The zero-order chi connectivity index (χ0) is 14.1. The standard InChI is InChI=1S/C14H17N5S/c1-4-11-5-12-13(15-8-16-14(12)20-11)18-10-6-17-19(7-10)9(2)3/h5-9H,4H2,1-3H3,(H,15,16,18). The molecule has 0 bridgehead atoms. The highest BCUT2D eigenvalue weighted by atomic mass is 32.1. The number of thiophene rings is 1. The SMILES string of the molecule is CCc1cc2c(Nc3cnn(C(C)C)c3)ncnc2s1. The lowest BCUT2D eigenvalue weighted by Crippen LogP contribution is -2.00. The van der Waals surface area contributed by atoms with Crippen molar-refractivity contribution in [3.8, 4) is 0 Å². The molecule has 0 spiro atoms. The van der Waals surface area contributed by atoms with Crippen LogP contribution in [0.2, 0.25) is 0 Å². The van der Waals surface area contributed by atoms with Gasteiger partial charge in [0.2, 0.25) is 0 Å². The van der Waals surface area contributed by atoms with Gasteiger partial charge < -0.3 is 5.32 Å². The molecule has 104 valence electrons. The molecule has 3 rings (SSSR count). The minimum Gasteiger partial charge on any atom is -0.337 e. The van der Waals surface area contributed by atoms with E-state index in [0.717, 1.165) is 28.1 Å². The van der Waals surface area contributed by atoms with E-state index in [-0.39, 0.29) is 0 Å². The molecule has 3 heterocycles. The number of aromatic nitrogens is 4.